The molecule has 2 aliphatic rings. The Morgan fingerprint density at radius 2 is 1.88 bits per heavy atom. The lowest BCUT2D eigenvalue weighted by molar-refractivity contribution is -0.187. The summed E-state index contributed by atoms with van der Waals surface area (Å²) < 4.78 is 60.7. The highest BCUT2D eigenvalue weighted by Gasteiger charge is 2.52. The van der Waals surface area contributed by atoms with Gasteiger partial charge in [0.05, 0.1) is 35.9 Å². The van der Waals surface area contributed by atoms with Crippen LogP contribution in [0.4, 0.5) is 13.2 Å². The Balaban J connectivity index is 1.52. The molecule has 0 unspecified atom stereocenters. The number of nitrogens with zero attached hydrogens (tertiary/aromatic N) is 3. The second kappa shape index (κ2) is 12.5. The van der Waals surface area contributed by atoms with Crippen molar-refractivity contribution in [1.82, 2.24) is 15.0 Å². The fourth-order valence-electron chi connectivity index (χ4n) is 6.09. The molecule has 0 spiro atoms. The number of benzene rings is 2. The predicted octanol–water partition coefficient (Wildman–Crippen LogP) is 4.10. The van der Waals surface area contributed by atoms with Crippen molar-refractivity contribution in [3.05, 3.63) is 71.2 Å². The summed E-state index contributed by atoms with van der Waals surface area (Å²) in [6, 6.07) is 8.40. The van der Waals surface area contributed by atoms with Crippen molar-refractivity contribution >= 4 is 11.8 Å². The molecule has 3 heterocycles. The third-order valence-corrected chi connectivity index (χ3v) is 9.79. The Hall–Kier alpha value is -2.52. The highest BCUT2D eigenvalue weighted by atomic mass is 32.2. The van der Waals surface area contributed by atoms with Gasteiger partial charge < -0.3 is 29.5 Å². The predicted molar refractivity (Wildman–Crippen MR) is 153 cm³/mol. The van der Waals surface area contributed by atoms with Crippen LogP contribution in [0.25, 0.3) is 11.3 Å². The summed E-state index contributed by atoms with van der Waals surface area (Å²) in [5.74, 6) is -4.35. The summed E-state index contributed by atoms with van der Waals surface area (Å²) in [6.45, 7) is 5.66. The van der Waals surface area contributed by atoms with Crippen LogP contribution in [0.3, 0.4) is 0 Å². The van der Waals surface area contributed by atoms with E-state index in [1.807, 2.05) is 45.0 Å². The zero-order valence-corrected chi connectivity index (χ0v) is 25.1. The molecular formula is C30H36F3N3O6S. The lowest BCUT2D eigenvalue weighted by atomic mass is 9.79. The number of rotatable bonds is 8. The minimum Gasteiger partial charge on any atom is -0.394 e. The first-order chi connectivity index (χ1) is 20.4. The van der Waals surface area contributed by atoms with Crippen molar-refractivity contribution in [3.63, 3.8) is 0 Å². The summed E-state index contributed by atoms with van der Waals surface area (Å²) in [6.07, 6.45) is -1.16. The molecule has 9 nitrogen and oxygen atoms in total. The number of methoxy groups -OCH3 is 1. The Kier molecular flexibility index (Phi) is 9.25. The van der Waals surface area contributed by atoms with Crippen LogP contribution < -0.4 is 0 Å². The van der Waals surface area contributed by atoms with E-state index in [0.717, 1.165) is 23.3 Å². The molecule has 1 aromatic heterocycles. The van der Waals surface area contributed by atoms with Crippen LogP contribution in [-0.2, 0) is 14.2 Å². The first-order valence-corrected chi connectivity index (χ1v) is 14.9. The Morgan fingerprint density at radius 1 is 1.19 bits per heavy atom. The molecule has 0 radical (unpaired) electrons. The Bertz CT molecular complexity index is 1420. The second-order valence-electron chi connectivity index (χ2n) is 11.8. The van der Waals surface area contributed by atoms with Crippen molar-refractivity contribution in [2.75, 3.05) is 20.3 Å². The molecule has 7 atom stereocenters. The van der Waals surface area contributed by atoms with E-state index in [0.29, 0.717) is 19.4 Å². The van der Waals surface area contributed by atoms with Crippen LogP contribution in [0.5, 0.6) is 0 Å². The van der Waals surface area contributed by atoms with Gasteiger partial charge in [-0.2, -0.15) is 0 Å². The first-order valence-electron chi connectivity index (χ1n) is 14.0. The highest BCUT2D eigenvalue weighted by molar-refractivity contribution is 8.00. The van der Waals surface area contributed by atoms with Gasteiger partial charge in [-0.05, 0) is 44.0 Å². The van der Waals surface area contributed by atoms with Crippen molar-refractivity contribution in [2.45, 2.75) is 79.9 Å². The maximum atomic E-state index is 13.9. The number of thioether (sulfide) groups is 1. The fourth-order valence-corrected chi connectivity index (χ4v) is 7.86. The normalized spacial score (nSPS) is 29.9. The SMILES string of the molecule is CO[C@@H]1[C@@H](n2cc(-c3cc(F)c(F)c(F)c3)nn2)[C@@H](O)[C@@H](CO)O[C@H]1S[C@H](c1ccccc1C)[C@@]1(O)CCOC(C)(C)C1. The molecular weight excluding hydrogens is 587 g/mol. The van der Waals surface area contributed by atoms with Crippen molar-refractivity contribution in [3.8, 4) is 11.3 Å². The number of aliphatic hydroxyl groups is 3. The molecule has 2 saturated heterocycles. The summed E-state index contributed by atoms with van der Waals surface area (Å²) in [7, 11) is 1.44. The number of aryl methyl sites for hydroxylation is 1. The molecule has 3 aromatic rings. The van der Waals surface area contributed by atoms with Crippen LogP contribution in [-0.4, -0.2) is 85.6 Å². The molecule has 2 aliphatic heterocycles. The number of hydrogen-bond donors (Lipinski definition) is 3. The molecule has 13 heteroatoms. The van der Waals surface area contributed by atoms with Gasteiger partial charge >= 0.3 is 0 Å². The molecule has 2 fully saturated rings. The molecule has 0 aliphatic carbocycles. The maximum Gasteiger partial charge on any atom is 0.194 e. The molecule has 3 N–H and O–H groups in total. The number of hydrogen-bond acceptors (Lipinski definition) is 9. The number of halogens is 3. The summed E-state index contributed by atoms with van der Waals surface area (Å²) in [5.41, 5.74) is -0.735. The van der Waals surface area contributed by atoms with Crippen molar-refractivity contribution in [2.24, 2.45) is 0 Å². The average Bonchev–Trinajstić information content (AvgIpc) is 3.44. The van der Waals surface area contributed by atoms with Crippen molar-refractivity contribution in [1.29, 1.82) is 0 Å². The topological polar surface area (TPSA) is 119 Å². The second-order valence-corrected chi connectivity index (χ2v) is 13.0. The quantitative estimate of drug-likeness (QED) is 0.319. The molecule has 234 valence electrons. The van der Waals surface area contributed by atoms with E-state index in [1.54, 1.807) is 0 Å². The van der Waals surface area contributed by atoms with Crippen LogP contribution in [0.2, 0.25) is 0 Å². The molecule has 0 saturated carbocycles. The summed E-state index contributed by atoms with van der Waals surface area (Å²) in [4.78, 5) is 0. The third kappa shape index (κ3) is 6.35. The van der Waals surface area contributed by atoms with Crippen molar-refractivity contribution < 1.29 is 42.7 Å². The number of aliphatic hydroxyl groups excluding tert-OH is 2. The standard InChI is InChI=1S/C30H36F3N3O6S/c1-16-7-5-6-8-18(16)27(30(39)9-10-41-29(2,3)15-30)43-28-26(40-4)24(25(38)22(14-37)42-28)36-13-21(34-35-36)17-11-19(31)23(33)20(32)12-17/h5-8,11-13,22,24-28,37-39H,9-10,14-15H2,1-4H3/t22-,24+,25+,26-,27-,28+,30-/m1/s1. The van der Waals surface area contributed by atoms with Gasteiger partial charge in [0.25, 0.3) is 0 Å². The zero-order valence-electron chi connectivity index (χ0n) is 24.3. The molecule has 5 rings (SSSR count). The van der Waals surface area contributed by atoms with Gasteiger partial charge in [0.1, 0.15) is 35.5 Å². The van der Waals surface area contributed by atoms with E-state index in [2.05, 4.69) is 10.3 Å². The number of ether oxygens (including phenoxy) is 3. The molecule has 43 heavy (non-hydrogen) atoms. The van der Waals surface area contributed by atoms with E-state index in [9.17, 15) is 28.5 Å². The zero-order chi connectivity index (χ0) is 31.1. The van der Waals surface area contributed by atoms with Gasteiger partial charge in [-0.15, -0.1) is 16.9 Å². The summed E-state index contributed by atoms with van der Waals surface area (Å²) >= 11 is 1.32. The smallest absolute Gasteiger partial charge is 0.194 e. The highest BCUT2D eigenvalue weighted by Crippen LogP contribution is 2.52. The van der Waals surface area contributed by atoms with Gasteiger partial charge in [-0.1, -0.05) is 29.5 Å². The van der Waals surface area contributed by atoms with Crippen LogP contribution >= 0.6 is 11.8 Å². The van der Waals surface area contributed by atoms with E-state index in [4.69, 9.17) is 14.2 Å². The van der Waals surface area contributed by atoms with Crippen LogP contribution in [0.1, 0.15) is 49.1 Å². The fraction of sp³-hybridized carbons (Fsp3) is 0.533. The lowest BCUT2D eigenvalue weighted by Gasteiger charge is -2.49. The average molecular weight is 624 g/mol. The molecule has 2 aromatic carbocycles. The van der Waals surface area contributed by atoms with Crippen LogP contribution in [0.15, 0.2) is 42.6 Å². The first kappa shape index (κ1) is 31.9. The van der Waals surface area contributed by atoms with Crippen LogP contribution in [0, 0.1) is 24.4 Å². The summed E-state index contributed by atoms with van der Waals surface area (Å²) in [5, 5.41) is 41.2. The van der Waals surface area contributed by atoms with Gasteiger partial charge in [0.15, 0.2) is 17.5 Å². The monoisotopic (exact) mass is 623 g/mol. The minimum absolute atomic E-state index is 0.0348. The number of aromatic nitrogens is 3. The minimum atomic E-state index is -1.60. The lowest BCUT2D eigenvalue weighted by Crippen LogP contribution is -2.56. The van der Waals surface area contributed by atoms with E-state index in [1.165, 1.54) is 29.8 Å². The molecule has 0 bridgehead atoms. The Labute approximate surface area is 252 Å². The van der Waals surface area contributed by atoms with E-state index >= 15 is 0 Å². The Morgan fingerprint density at radius 3 is 2.51 bits per heavy atom. The van der Waals surface area contributed by atoms with E-state index < -0.39 is 70.3 Å². The van der Waals surface area contributed by atoms with Gasteiger partial charge in [-0.25, -0.2) is 17.9 Å². The largest absolute Gasteiger partial charge is 0.394 e. The third-order valence-electron chi connectivity index (χ3n) is 8.18. The van der Waals surface area contributed by atoms with Gasteiger partial charge in [0.2, 0.25) is 0 Å². The molecule has 0 amide bonds. The van der Waals surface area contributed by atoms with E-state index in [-0.39, 0.29) is 11.3 Å². The van der Waals surface area contributed by atoms with Gasteiger partial charge in [-0.3, -0.25) is 0 Å². The van der Waals surface area contributed by atoms with Gasteiger partial charge in [0, 0.05) is 25.5 Å². The maximum absolute atomic E-state index is 13.9.